The van der Waals surface area contributed by atoms with E-state index in [1.165, 1.54) is 0 Å². The molecular formula is C112H84BBrN6O4P2. The zero-order valence-corrected chi connectivity index (χ0v) is 73.1. The molecular weight excluding hydrogens is 1650 g/mol. The summed E-state index contributed by atoms with van der Waals surface area (Å²) < 4.78 is 44.6. The molecule has 2 aromatic heterocycles. The molecule has 1 aliphatic rings. The van der Waals surface area contributed by atoms with Crippen LogP contribution in [0.25, 0.3) is 145 Å². The zero-order valence-electron chi connectivity index (χ0n) is 69.7. The first kappa shape index (κ1) is 81.6. The number of rotatable bonds is 16. The fourth-order valence-corrected chi connectivity index (χ4v) is 22.9. The van der Waals surface area contributed by atoms with Gasteiger partial charge in [0.1, 0.15) is 0 Å². The van der Waals surface area contributed by atoms with Gasteiger partial charge in [-0.2, -0.15) is 0 Å². The Bertz CT molecular complexity index is 7170. The molecule has 20 aromatic rings. The number of hydrogen-bond acceptors (Lipinski definition) is 10. The van der Waals surface area contributed by atoms with Gasteiger partial charge in [0.2, 0.25) is 0 Å². The van der Waals surface area contributed by atoms with Crippen LogP contribution < -0.4 is 37.3 Å². The van der Waals surface area contributed by atoms with Gasteiger partial charge < -0.3 is 18.4 Å². The van der Waals surface area contributed by atoms with E-state index in [2.05, 4.69) is 220 Å². The lowest BCUT2D eigenvalue weighted by atomic mass is 9.78. The van der Waals surface area contributed by atoms with Crippen LogP contribution in [0, 0.1) is 0 Å². The summed E-state index contributed by atoms with van der Waals surface area (Å²) in [5.41, 5.74) is 12.3. The Morgan fingerprint density at radius 2 is 0.452 bits per heavy atom. The van der Waals surface area contributed by atoms with E-state index in [1.807, 2.05) is 261 Å². The topological polar surface area (TPSA) is 130 Å². The second kappa shape index (κ2) is 35.3. The van der Waals surface area contributed by atoms with Crippen molar-refractivity contribution in [2.24, 2.45) is 0 Å². The number of nitrogens with zero attached hydrogens (tertiary/aromatic N) is 6. The molecule has 14 heteroatoms. The maximum Gasteiger partial charge on any atom is 0.494 e. The Labute approximate surface area is 742 Å². The zero-order chi connectivity index (χ0) is 85.8. The molecule has 0 spiro atoms. The Morgan fingerprint density at radius 1 is 0.230 bits per heavy atom. The lowest BCUT2D eigenvalue weighted by molar-refractivity contribution is 0.00578. The van der Waals surface area contributed by atoms with E-state index in [1.54, 1.807) is 0 Å². The van der Waals surface area contributed by atoms with Crippen LogP contribution in [-0.4, -0.2) is 48.2 Å². The van der Waals surface area contributed by atoms with Crippen LogP contribution in [0.5, 0.6) is 0 Å². The van der Waals surface area contributed by atoms with Crippen molar-refractivity contribution in [3.63, 3.8) is 0 Å². The summed E-state index contributed by atoms with van der Waals surface area (Å²) >= 11 is 3.51. The minimum Gasteiger partial charge on any atom is -0.399 e. The maximum atomic E-state index is 16.0. The quantitative estimate of drug-likeness (QED) is 0.0681. The molecule has 0 bridgehead atoms. The summed E-state index contributed by atoms with van der Waals surface area (Å²) in [7, 11) is -6.80. The number of fused-ring (bicyclic) bond motifs is 4. The van der Waals surface area contributed by atoms with Crippen molar-refractivity contribution >= 4 is 118 Å². The van der Waals surface area contributed by atoms with Gasteiger partial charge in [0, 0.05) is 69.7 Å². The van der Waals surface area contributed by atoms with Crippen molar-refractivity contribution in [1.82, 2.24) is 29.9 Å². The molecule has 0 atom stereocenters. The van der Waals surface area contributed by atoms with E-state index in [9.17, 15) is 0 Å². The normalized spacial score (nSPS) is 12.9. The molecule has 1 saturated heterocycles. The molecule has 18 aromatic carbocycles. The van der Waals surface area contributed by atoms with E-state index < -0.39 is 14.3 Å². The standard InChI is InChI=1S/C53H36N3OP.C33H30BN3O2.C26H18BrOP/c57-58(49-26-12-20-40-14-7-9-24-47(40)49,50-27-13-21-41-15-8-10-25-48(41)50)46-34-32-38(33-35-46)37-28-30-39(31-29-37)44-22-11-23-45(36-44)53-55-51(42-16-3-1-4-17-42)54-52(56-53)43-18-5-2-6-19-43;1-32(2)33(3,4)39-34(38-32)28-20-18-23(19-21-28)26-16-11-17-27(22-26)31-36-29(24-12-7-5-8-13-24)35-30(37-31)25-14-9-6-10-15-25;27-21-15-17-22(18-16-21)29(28,25-13-5-9-19-7-1-3-11-23(19)25)26-14-6-10-20-8-2-4-12-24(20)26/h1-36H;5-22H,1-4H3;1-18H. The van der Waals surface area contributed by atoms with Gasteiger partial charge in [-0.1, -0.05) is 416 Å². The van der Waals surface area contributed by atoms with E-state index in [0.29, 0.717) is 34.9 Å². The highest BCUT2D eigenvalue weighted by molar-refractivity contribution is 9.10. The van der Waals surface area contributed by atoms with Crippen LogP contribution in [0.1, 0.15) is 27.7 Å². The van der Waals surface area contributed by atoms with Crippen LogP contribution >= 0.6 is 30.2 Å². The van der Waals surface area contributed by atoms with Gasteiger partial charge in [-0.05, 0) is 146 Å². The number of benzene rings is 18. The summed E-state index contributed by atoms with van der Waals surface area (Å²) in [6, 6.07) is 147. The van der Waals surface area contributed by atoms with E-state index in [4.69, 9.17) is 39.2 Å². The third kappa shape index (κ3) is 16.5. The second-order valence-corrected chi connectivity index (χ2v) is 38.6. The third-order valence-electron chi connectivity index (χ3n) is 23.8. The Hall–Kier alpha value is -14.1. The van der Waals surface area contributed by atoms with Gasteiger partial charge in [0.25, 0.3) is 0 Å². The predicted molar refractivity (Wildman–Crippen MR) is 527 cm³/mol. The van der Waals surface area contributed by atoms with E-state index in [-0.39, 0.29) is 18.3 Å². The molecule has 126 heavy (non-hydrogen) atoms. The van der Waals surface area contributed by atoms with Crippen molar-refractivity contribution in [3.05, 3.63) is 441 Å². The first-order valence-corrected chi connectivity index (χ1v) is 46.3. The van der Waals surface area contributed by atoms with Crippen LogP contribution in [0.4, 0.5) is 0 Å². The summed E-state index contributed by atoms with van der Waals surface area (Å²) in [5, 5.41) is 13.6. The van der Waals surface area contributed by atoms with Crippen LogP contribution in [0.2, 0.25) is 0 Å². The summed E-state index contributed by atoms with van der Waals surface area (Å²) in [6.45, 7) is 8.28. The molecule has 0 radical (unpaired) electrons. The van der Waals surface area contributed by atoms with Crippen molar-refractivity contribution in [3.8, 4) is 102 Å². The fraction of sp³-hybridized carbons (Fsp3) is 0.0536. The summed E-state index contributed by atoms with van der Waals surface area (Å²) in [4.78, 5) is 29.3. The molecule has 1 aliphatic heterocycles. The number of hydrogen-bond donors (Lipinski definition) is 0. The fourth-order valence-electron chi connectivity index (χ4n) is 16.5. The first-order valence-electron chi connectivity index (χ1n) is 42.1. The largest absolute Gasteiger partial charge is 0.494 e. The Balaban J connectivity index is 0.000000132. The molecule has 10 nitrogen and oxygen atoms in total. The predicted octanol–water partition coefficient (Wildman–Crippen LogP) is 25.4. The molecule has 0 aliphatic carbocycles. The second-order valence-electron chi connectivity index (χ2n) is 32.3. The van der Waals surface area contributed by atoms with Crippen LogP contribution in [-0.2, 0) is 18.4 Å². The van der Waals surface area contributed by atoms with Gasteiger partial charge >= 0.3 is 7.12 Å². The first-order chi connectivity index (χ1) is 61.6. The van der Waals surface area contributed by atoms with Gasteiger partial charge in [0.15, 0.2) is 49.2 Å². The molecule has 1 fully saturated rings. The van der Waals surface area contributed by atoms with Crippen molar-refractivity contribution in [1.29, 1.82) is 0 Å². The van der Waals surface area contributed by atoms with Crippen LogP contribution in [0.3, 0.4) is 0 Å². The van der Waals surface area contributed by atoms with E-state index in [0.717, 1.165) is 152 Å². The lowest BCUT2D eigenvalue weighted by Crippen LogP contribution is -2.41. The van der Waals surface area contributed by atoms with Gasteiger partial charge in [-0.3, -0.25) is 0 Å². The highest BCUT2D eigenvalue weighted by Gasteiger charge is 2.52. The monoisotopic (exact) mass is 1730 g/mol. The molecule has 0 unspecified atom stereocenters. The molecule has 21 rings (SSSR count). The van der Waals surface area contributed by atoms with E-state index >= 15 is 9.13 Å². The van der Waals surface area contributed by atoms with Crippen molar-refractivity contribution in [2.45, 2.75) is 38.9 Å². The Morgan fingerprint density at radius 3 is 0.762 bits per heavy atom. The molecule has 3 heterocycles. The minimum absolute atomic E-state index is 0.369. The third-order valence-corrected chi connectivity index (χ3v) is 30.7. The average molecular weight is 1730 g/mol. The lowest BCUT2D eigenvalue weighted by Gasteiger charge is -2.32. The van der Waals surface area contributed by atoms with Crippen molar-refractivity contribution < 1.29 is 18.4 Å². The SMILES string of the molecule is CC1(C)OB(c2ccc(-c3cccc(-c4nc(-c5ccccc5)nc(-c5ccccc5)n4)c3)cc2)OC1(C)C.O=P(c1ccc(-c2ccc(-c3cccc(-c4nc(-c5ccccc5)nc(-c5ccccc5)n4)c3)cc2)cc1)(c1cccc2ccccc12)c1cccc2ccccc12.O=P(c1ccc(Br)cc1)(c1cccc2ccccc12)c1cccc2ccccc12. The highest BCUT2D eigenvalue weighted by atomic mass is 79.9. The summed E-state index contributed by atoms with van der Waals surface area (Å²) in [6.07, 6.45) is 0. The smallest absolute Gasteiger partial charge is 0.399 e. The molecule has 606 valence electrons. The molecule has 0 saturated carbocycles. The molecule has 0 N–H and O–H groups in total. The average Bonchev–Trinajstić information content (AvgIpc) is 1.11. The number of halogens is 1. The van der Waals surface area contributed by atoms with Crippen molar-refractivity contribution in [2.75, 3.05) is 0 Å². The maximum absolute atomic E-state index is 16.0. The van der Waals surface area contributed by atoms with Gasteiger partial charge in [-0.15, -0.1) is 0 Å². The molecule has 0 amide bonds. The van der Waals surface area contributed by atoms with Gasteiger partial charge in [0.05, 0.1) is 11.2 Å². The summed E-state index contributed by atoms with van der Waals surface area (Å²) in [5.74, 6) is 3.83. The highest BCUT2D eigenvalue weighted by Crippen LogP contribution is 2.49. The van der Waals surface area contributed by atoms with Crippen LogP contribution in [0.15, 0.2) is 441 Å². The minimum atomic E-state index is -3.31. The Kier molecular flexibility index (Phi) is 22.9. The number of aromatic nitrogens is 6. The van der Waals surface area contributed by atoms with Gasteiger partial charge in [-0.25, -0.2) is 29.9 Å².